The van der Waals surface area contributed by atoms with Crippen LogP contribution >= 0.6 is 0 Å². The average molecular weight is 141 g/mol. The second-order valence-electron chi connectivity index (χ2n) is 2.57. The number of hydrogen-bond acceptors (Lipinski definition) is 3. The van der Waals surface area contributed by atoms with Crippen molar-refractivity contribution in [2.24, 2.45) is 0 Å². The molecule has 0 unspecified atom stereocenters. The van der Waals surface area contributed by atoms with E-state index >= 15 is 0 Å². The van der Waals surface area contributed by atoms with Gasteiger partial charge in [-0.1, -0.05) is 6.92 Å². The smallest absolute Gasteiger partial charge is 0.104 e. The fraction of sp³-hybridized carbons (Fsp3) is 0.714. The van der Waals surface area contributed by atoms with Gasteiger partial charge in [0.15, 0.2) is 0 Å². The Hall–Kier alpha value is -0.700. The molecule has 3 nitrogen and oxygen atoms in total. The minimum Gasteiger partial charge on any atom is -0.360 e. The molecule has 0 saturated carbocycles. The van der Waals surface area contributed by atoms with Gasteiger partial charge in [0.05, 0.1) is 0 Å². The van der Waals surface area contributed by atoms with Gasteiger partial charge >= 0.3 is 0 Å². The van der Waals surface area contributed by atoms with Crippen molar-refractivity contribution in [1.29, 1.82) is 0 Å². The van der Waals surface area contributed by atoms with Gasteiger partial charge in [0, 0.05) is 26.0 Å². The Kier molecular flexibility index (Phi) is 2.57. The van der Waals surface area contributed by atoms with Crippen LogP contribution < -0.4 is 5.43 Å². The minimum absolute atomic E-state index is 0.958. The molecule has 0 fully saturated rings. The lowest BCUT2D eigenvalue weighted by Gasteiger charge is -2.18. The third kappa shape index (κ3) is 1.92. The zero-order valence-corrected chi connectivity index (χ0v) is 6.67. The lowest BCUT2D eigenvalue weighted by molar-refractivity contribution is 0.224. The van der Waals surface area contributed by atoms with Crippen LogP contribution in [0.1, 0.15) is 13.3 Å². The molecule has 0 spiro atoms. The summed E-state index contributed by atoms with van der Waals surface area (Å²) < 4.78 is 0. The lowest BCUT2D eigenvalue weighted by atomic mass is 10.5. The summed E-state index contributed by atoms with van der Waals surface area (Å²) in [5.74, 6) is 0. The quantitative estimate of drug-likeness (QED) is 0.620. The molecule has 58 valence electrons. The van der Waals surface area contributed by atoms with Gasteiger partial charge < -0.3 is 4.90 Å². The van der Waals surface area contributed by atoms with E-state index in [1.807, 2.05) is 0 Å². The largest absolute Gasteiger partial charge is 0.360 e. The van der Waals surface area contributed by atoms with Gasteiger partial charge in [-0.25, -0.2) is 5.43 Å². The molecule has 1 aliphatic heterocycles. The van der Waals surface area contributed by atoms with E-state index in [1.54, 1.807) is 0 Å². The topological polar surface area (TPSA) is 18.5 Å². The van der Waals surface area contributed by atoms with E-state index in [0.29, 0.717) is 0 Å². The van der Waals surface area contributed by atoms with E-state index in [0.717, 1.165) is 13.2 Å². The van der Waals surface area contributed by atoms with Crippen molar-refractivity contribution in [2.45, 2.75) is 13.3 Å². The molecule has 0 aromatic carbocycles. The molecule has 1 N–H and O–H groups in total. The molecule has 0 aromatic rings. The van der Waals surface area contributed by atoms with Crippen LogP contribution in [-0.4, -0.2) is 30.2 Å². The van der Waals surface area contributed by atoms with Crippen LogP contribution in [0.5, 0.6) is 0 Å². The normalized spacial score (nSPS) is 17.0. The van der Waals surface area contributed by atoms with E-state index in [2.05, 4.69) is 41.7 Å². The van der Waals surface area contributed by atoms with Crippen molar-refractivity contribution in [3.8, 4) is 0 Å². The van der Waals surface area contributed by atoms with Crippen LogP contribution in [0.2, 0.25) is 0 Å². The Bertz CT molecular complexity index is 122. The third-order valence-electron chi connectivity index (χ3n) is 1.44. The van der Waals surface area contributed by atoms with Crippen LogP contribution in [0.25, 0.3) is 0 Å². The maximum Gasteiger partial charge on any atom is 0.104 e. The van der Waals surface area contributed by atoms with Crippen molar-refractivity contribution in [1.82, 2.24) is 15.3 Å². The first kappa shape index (κ1) is 7.41. The Labute approximate surface area is 62.3 Å². The highest BCUT2D eigenvalue weighted by molar-refractivity contribution is 4.86. The number of nitrogens with one attached hydrogen (secondary N) is 1. The van der Waals surface area contributed by atoms with Crippen LogP contribution in [0.15, 0.2) is 12.4 Å². The van der Waals surface area contributed by atoms with Gasteiger partial charge in [0.2, 0.25) is 0 Å². The SMILES string of the molecule is CCCNN1C=CN(C)C1. The predicted octanol–water partition coefficient (Wildman–Crippen LogP) is 0.577. The first-order valence-electron chi connectivity index (χ1n) is 3.71. The average Bonchev–Trinajstić information content (AvgIpc) is 2.31. The monoisotopic (exact) mass is 141 g/mol. The number of rotatable bonds is 3. The first-order valence-corrected chi connectivity index (χ1v) is 3.71. The molecule has 1 heterocycles. The molecule has 0 bridgehead atoms. The van der Waals surface area contributed by atoms with E-state index < -0.39 is 0 Å². The Morgan fingerprint density at radius 3 is 2.80 bits per heavy atom. The molecule has 0 saturated heterocycles. The fourth-order valence-electron chi connectivity index (χ4n) is 0.887. The van der Waals surface area contributed by atoms with Gasteiger partial charge in [-0.2, -0.15) is 0 Å². The Morgan fingerprint density at radius 1 is 1.50 bits per heavy atom. The van der Waals surface area contributed by atoms with E-state index in [-0.39, 0.29) is 0 Å². The van der Waals surface area contributed by atoms with Crippen molar-refractivity contribution in [2.75, 3.05) is 20.3 Å². The molecule has 0 amide bonds. The summed E-state index contributed by atoms with van der Waals surface area (Å²) in [4.78, 5) is 2.13. The molecule has 0 atom stereocenters. The summed E-state index contributed by atoms with van der Waals surface area (Å²) in [6.07, 6.45) is 5.28. The van der Waals surface area contributed by atoms with E-state index in [9.17, 15) is 0 Å². The molecule has 3 heteroatoms. The Balaban J connectivity index is 2.14. The standard InChI is InChI=1S/C7H15N3/c1-3-4-8-10-6-5-9(2)7-10/h5-6,8H,3-4,7H2,1-2H3. The highest BCUT2D eigenvalue weighted by Crippen LogP contribution is 1.98. The summed E-state index contributed by atoms with van der Waals surface area (Å²) >= 11 is 0. The summed E-state index contributed by atoms with van der Waals surface area (Å²) in [7, 11) is 2.06. The summed E-state index contributed by atoms with van der Waals surface area (Å²) in [5.41, 5.74) is 3.27. The van der Waals surface area contributed by atoms with Crippen LogP contribution in [0, 0.1) is 0 Å². The number of hydrazine groups is 1. The first-order chi connectivity index (χ1) is 4.83. The third-order valence-corrected chi connectivity index (χ3v) is 1.44. The summed E-state index contributed by atoms with van der Waals surface area (Å²) in [6.45, 7) is 4.18. The van der Waals surface area contributed by atoms with Gasteiger partial charge in [-0.05, 0) is 6.42 Å². The molecule has 0 aliphatic carbocycles. The van der Waals surface area contributed by atoms with Gasteiger partial charge in [0.1, 0.15) is 6.67 Å². The van der Waals surface area contributed by atoms with Crippen LogP contribution in [0.4, 0.5) is 0 Å². The van der Waals surface area contributed by atoms with Crippen molar-refractivity contribution in [3.05, 3.63) is 12.4 Å². The maximum absolute atomic E-state index is 3.27. The summed E-state index contributed by atoms with van der Waals surface area (Å²) in [5, 5.41) is 2.09. The van der Waals surface area contributed by atoms with Gasteiger partial charge in [-0.3, -0.25) is 5.01 Å². The second-order valence-corrected chi connectivity index (χ2v) is 2.57. The Morgan fingerprint density at radius 2 is 2.30 bits per heavy atom. The van der Waals surface area contributed by atoms with E-state index in [4.69, 9.17) is 0 Å². The molecular formula is C7H15N3. The zero-order chi connectivity index (χ0) is 7.40. The van der Waals surface area contributed by atoms with Gasteiger partial charge in [0.25, 0.3) is 0 Å². The molecular weight excluding hydrogens is 126 g/mol. The lowest BCUT2D eigenvalue weighted by Crippen LogP contribution is -2.35. The van der Waals surface area contributed by atoms with Gasteiger partial charge in [-0.15, -0.1) is 0 Å². The summed E-state index contributed by atoms with van der Waals surface area (Å²) in [6, 6.07) is 0. The highest BCUT2D eigenvalue weighted by Gasteiger charge is 2.05. The highest BCUT2D eigenvalue weighted by atomic mass is 15.6. The molecule has 0 radical (unpaired) electrons. The number of nitrogens with zero attached hydrogens (tertiary/aromatic N) is 2. The predicted molar refractivity (Wildman–Crippen MR) is 41.9 cm³/mol. The van der Waals surface area contributed by atoms with E-state index in [1.165, 1.54) is 6.42 Å². The minimum atomic E-state index is 0.958. The molecule has 1 rings (SSSR count). The molecule has 0 aromatic heterocycles. The van der Waals surface area contributed by atoms with Crippen molar-refractivity contribution < 1.29 is 0 Å². The number of hydrogen-bond donors (Lipinski definition) is 1. The van der Waals surface area contributed by atoms with Crippen molar-refractivity contribution in [3.63, 3.8) is 0 Å². The zero-order valence-electron chi connectivity index (χ0n) is 6.67. The van der Waals surface area contributed by atoms with Crippen LogP contribution in [-0.2, 0) is 0 Å². The second kappa shape index (κ2) is 3.46. The maximum atomic E-state index is 3.27. The molecule has 1 aliphatic rings. The van der Waals surface area contributed by atoms with Crippen LogP contribution in [0.3, 0.4) is 0 Å². The fourth-order valence-corrected chi connectivity index (χ4v) is 0.887. The van der Waals surface area contributed by atoms with Crippen molar-refractivity contribution >= 4 is 0 Å². The molecule has 10 heavy (non-hydrogen) atoms.